The van der Waals surface area contributed by atoms with Gasteiger partial charge in [0.25, 0.3) is 11.6 Å². The lowest BCUT2D eigenvalue weighted by Crippen LogP contribution is -2.13. The minimum Gasteiger partial charge on any atom is -0.482 e. The van der Waals surface area contributed by atoms with Crippen molar-refractivity contribution in [1.29, 1.82) is 0 Å². The highest BCUT2D eigenvalue weighted by atomic mass is 16.6. The summed E-state index contributed by atoms with van der Waals surface area (Å²) in [5, 5.41) is 21.8. The number of carbonyl (C=O) groups is 2. The Balaban J connectivity index is 2.11. The van der Waals surface area contributed by atoms with E-state index in [9.17, 15) is 19.7 Å². The van der Waals surface area contributed by atoms with E-state index in [0.717, 1.165) is 0 Å². The van der Waals surface area contributed by atoms with Gasteiger partial charge in [-0.2, -0.15) is 0 Å². The molecule has 0 aliphatic carbocycles. The van der Waals surface area contributed by atoms with E-state index in [0.29, 0.717) is 5.69 Å². The van der Waals surface area contributed by atoms with Gasteiger partial charge in [-0.1, -0.05) is 12.1 Å². The lowest BCUT2D eigenvalue weighted by molar-refractivity contribution is -0.384. The Labute approximate surface area is 130 Å². The summed E-state index contributed by atoms with van der Waals surface area (Å²) >= 11 is 0. The monoisotopic (exact) mass is 316 g/mol. The number of aliphatic carboxylic acids is 1. The molecule has 23 heavy (non-hydrogen) atoms. The third kappa shape index (κ3) is 4.53. The summed E-state index contributed by atoms with van der Waals surface area (Å²) in [5.41, 5.74) is 0.330. The number of amides is 1. The van der Waals surface area contributed by atoms with E-state index in [-0.39, 0.29) is 17.0 Å². The Kier molecular flexibility index (Phi) is 4.88. The number of non-ortho nitro benzene ring substituents is 1. The van der Waals surface area contributed by atoms with Crippen LogP contribution in [0, 0.1) is 10.1 Å². The Hall–Kier alpha value is -3.42. The van der Waals surface area contributed by atoms with Crippen LogP contribution in [0.2, 0.25) is 0 Å². The number of rotatable bonds is 6. The van der Waals surface area contributed by atoms with Crippen molar-refractivity contribution >= 4 is 23.3 Å². The summed E-state index contributed by atoms with van der Waals surface area (Å²) in [5.74, 6) is -1.36. The average molecular weight is 316 g/mol. The molecule has 0 spiro atoms. The second-order valence-corrected chi connectivity index (χ2v) is 4.47. The molecule has 2 N–H and O–H groups in total. The quantitative estimate of drug-likeness (QED) is 0.623. The van der Waals surface area contributed by atoms with E-state index in [1.165, 1.54) is 30.3 Å². The lowest BCUT2D eigenvalue weighted by atomic mass is 10.2. The number of nitro benzene ring substituents is 1. The zero-order valence-electron chi connectivity index (χ0n) is 11.8. The molecule has 0 heterocycles. The minimum absolute atomic E-state index is 0.135. The number of carbonyl (C=O) groups excluding carboxylic acids is 1. The molecule has 8 heteroatoms. The zero-order valence-corrected chi connectivity index (χ0v) is 11.8. The molecule has 0 unspecified atom stereocenters. The number of nitrogens with zero attached hydrogens (tertiary/aromatic N) is 1. The fraction of sp³-hybridized carbons (Fsp3) is 0.0667. The summed E-state index contributed by atoms with van der Waals surface area (Å²) in [6, 6.07) is 11.5. The fourth-order valence-corrected chi connectivity index (χ4v) is 1.77. The number of ether oxygens (including phenoxy) is 1. The van der Waals surface area contributed by atoms with Crippen molar-refractivity contribution in [2.24, 2.45) is 0 Å². The standard InChI is InChI=1S/C15H12N2O6/c18-14(19)9-23-13-6-2-4-11(8-13)16-15(20)10-3-1-5-12(7-10)17(21)22/h1-8H,9H2,(H,16,20)(H,18,19). The Morgan fingerprint density at radius 1 is 1.17 bits per heavy atom. The molecule has 0 aliphatic heterocycles. The van der Waals surface area contributed by atoms with Gasteiger partial charge in [0.1, 0.15) is 5.75 Å². The van der Waals surface area contributed by atoms with Crippen molar-refractivity contribution in [2.75, 3.05) is 11.9 Å². The van der Waals surface area contributed by atoms with E-state index < -0.39 is 23.4 Å². The van der Waals surface area contributed by atoms with Crippen LogP contribution in [0.5, 0.6) is 5.75 Å². The molecule has 0 saturated heterocycles. The molecular formula is C15H12N2O6. The Morgan fingerprint density at radius 3 is 2.61 bits per heavy atom. The van der Waals surface area contributed by atoms with Gasteiger partial charge in [0.05, 0.1) is 4.92 Å². The summed E-state index contributed by atoms with van der Waals surface area (Å²) in [6.07, 6.45) is 0. The van der Waals surface area contributed by atoms with Gasteiger partial charge < -0.3 is 15.2 Å². The first-order valence-corrected chi connectivity index (χ1v) is 6.46. The number of hydrogen-bond acceptors (Lipinski definition) is 5. The smallest absolute Gasteiger partial charge is 0.341 e. The van der Waals surface area contributed by atoms with Gasteiger partial charge in [-0.25, -0.2) is 4.79 Å². The van der Waals surface area contributed by atoms with Gasteiger partial charge >= 0.3 is 5.97 Å². The minimum atomic E-state index is -1.11. The van der Waals surface area contributed by atoms with Crippen molar-refractivity contribution in [2.45, 2.75) is 0 Å². The molecule has 0 aliphatic rings. The van der Waals surface area contributed by atoms with Crippen LogP contribution in [0.4, 0.5) is 11.4 Å². The van der Waals surface area contributed by atoms with Crippen LogP contribution >= 0.6 is 0 Å². The number of nitrogens with one attached hydrogen (secondary N) is 1. The summed E-state index contributed by atoms with van der Waals surface area (Å²) in [7, 11) is 0. The van der Waals surface area contributed by atoms with Crippen molar-refractivity contribution < 1.29 is 24.4 Å². The maximum absolute atomic E-state index is 12.1. The number of anilines is 1. The van der Waals surface area contributed by atoms with Crippen molar-refractivity contribution in [3.8, 4) is 5.75 Å². The first-order chi connectivity index (χ1) is 11.0. The van der Waals surface area contributed by atoms with Crippen LogP contribution in [-0.4, -0.2) is 28.5 Å². The van der Waals surface area contributed by atoms with Gasteiger partial charge in [-0.3, -0.25) is 14.9 Å². The van der Waals surface area contributed by atoms with Gasteiger partial charge in [0, 0.05) is 29.4 Å². The number of carboxylic acid groups (broad SMARTS) is 1. The lowest BCUT2D eigenvalue weighted by Gasteiger charge is -2.08. The molecule has 0 aromatic heterocycles. The Bertz CT molecular complexity index is 759. The van der Waals surface area contributed by atoms with Crippen molar-refractivity contribution in [1.82, 2.24) is 0 Å². The van der Waals surface area contributed by atoms with Crippen LogP contribution in [0.15, 0.2) is 48.5 Å². The molecule has 2 rings (SSSR count). The van der Waals surface area contributed by atoms with Gasteiger partial charge in [0.2, 0.25) is 0 Å². The third-order valence-corrected chi connectivity index (χ3v) is 2.77. The highest BCUT2D eigenvalue weighted by Crippen LogP contribution is 2.19. The SMILES string of the molecule is O=C(O)COc1cccc(NC(=O)c2cccc([N+](=O)[O-])c2)c1. The normalized spacial score (nSPS) is 9.91. The second-order valence-electron chi connectivity index (χ2n) is 4.47. The summed E-state index contributed by atoms with van der Waals surface area (Å²) in [4.78, 5) is 32.7. The van der Waals surface area contributed by atoms with E-state index in [2.05, 4.69) is 5.32 Å². The molecule has 0 atom stereocenters. The van der Waals surface area contributed by atoms with E-state index >= 15 is 0 Å². The highest BCUT2D eigenvalue weighted by Gasteiger charge is 2.12. The Morgan fingerprint density at radius 2 is 1.91 bits per heavy atom. The highest BCUT2D eigenvalue weighted by molar-refractivity contribution is 6.04. The van der Waals surface area contributed by atoms with E-state index in [1.807, 2.05) is 0 Å². The van der Waals surface area contributed by atoms with E-state index in [4.69, 9.17) is 9.84 Å². The average Bonchev–Trinajstić information content (AvgIpc) is 2.53. The summed E-state index contributed by atoms with van der Waals surface area (Å²) < 4.78 is 5.01. The molecular weight excluding hydrogens is 304 g/mol. The van der Waals surface area contributed by atoms with Crippen molar-refractivity contribution in [3.63, 3.8) is 0 Å². The molecule has 0 fully saturated rings. The summed E-state index contributed by atoms with van der Waals surface area (Å²) in [6.45, 7) is -0.498. The maximum Gasteiger partial charge on any atom is 0.341 e. The molecule has 118 valence electrons. The predicted molar refractivity (Wildman–Crippen MR) is 80.6 cm³/mol. The molecule has 8 nitrogen and oxygen atoms in total. The molecule has 0 bridgehead atoms. The predicted octanol–water partition coefficient (Wildman–Crippen LogP) is 2.31. The van der Waals surface area contributed by atoms with Gasteiger partial charge in [-0.15, -0.1) is 0 Å². The van der Waals surface area contributed by atoms with Crippen LogP contribution in [-0.2, 0) is 4.79 Å². The topological polar surface area (TPSA) is 119 Å². The first kappa shape index (κ1) is 16.0. The van der Waals surface area contributed by atoms with Crippen LogP contribution in [0.3, 0.4) is 0 Å². The second kappa shape index (κ2) is 7.03. The van der Waals surface area contributed by atoms with E-state index in [1.54, 1.807) is 18.2 Å². The number of hydrogen-bond donors (Lipinski definition) is 2. The van der Waals surface area contributed by atoms with Gasteiger partial charge in [-0.05, 0) is 18.2 Å². The molecule has 2 aromatic rings. The first-order valence-electron chi connectivity index (χ1n) is 6.46. The number of benzene rings is 2. The number of nitro groups is 1. The molecule has 1 amide bonds. The van der Waals surface area contributed by atoms with Crippen LogP contribution in [0.25, 0.3) is 0 Å². The fourth-order valence-electron chi connectivity index (χ4n) is 1.77. The molecule has 2 aromatic carbocycles. The van der Waals surface area contributed by atoms with Crippen molar-refractivity contribution in [3.05, 3.63) is 64.2 Å². The van der Waals surface area contributed by atoms with Crippen LogP contribution < -0.4 is 10.1 Å². The largest absolute Gasteiger partial charge is 0.482 e. The molecule has 0 radical (unpaired) electrons. The maximum atomic E-state index is 12.1. The molecule has 0 saturated carbocycles. The van der Waals surface area contributed by atoms with Crippen LogP contribution in [0.1, 0.15) is 10.4 Å². The number of carboxylic acids is 1. The zero-order chi connectivity index (χ0) is 16.8. The third-order valence-electron chi connectivity index (χ3n) is 2.77. The van der Waals surface area contributed by atoms with Gasteiger partial charge in [0.15, 0.2) is 6.61 Å².